The van der Waals surface area contributed by atoms with Crippen molar-refractivity contribution in [1.82, 2.24) is 4.98 Å². The van der Waals surface area contributed by atoms with Gasteiger partial charge in [0.2, 0.25) is 5.91 Å². The zero-order chi connectivity index (χ0) is 24.9. The summed E-state index contributed by atoms with van der Waals surface area (Å²) in [5.41, 5.74) is 5.07. The molecule has 2 aromatic heterocycles. The lowest BCUT2D eigenvalue weighted by Gasteiger charge is -2.12. The molecule has 2 aromatic carbocycles. The lowest BCUT2D eigenvalue weighted by Crippen LogP contribution is -2.10. The number of ether oxygens (including phenoxy) is 3. The molecule has 7 nitrogen and oxygen atoms in total. The summed E-state index contributed by atoms with van der Waals surface area (Å²) in [4.78, 5) is 16.9. The highest BCUT2D eigenvalue weighted by Gasteiger charge is 2.17. The number of rotatable bonds is 8. The Morgan fingerprint density at radius 3 is 2.54 bits per heavy atom. The molecule has 0 radical (unpaired) electrons. The number of hydrogen-bond donors (Lipinski definition) is 1. The van der Waals surface area contributed by atoms with Gasteiger partial charge in [0, 0.05) is 34.9 Å². The van der Waals surface area contributed by atoms with Gasteiger partial charge in [-0.3, -0.25) is 4.79 Å². The molecular weight excluding hydrogens is 444 g/mol. The average molecular weight is 473 g/mol. The Bertz CT molecular complexity index is 1390. The number of amides is 1. The third-order valence-corrected chi connectivity index (χ3v) is 5.61. The van der Waals surface area contributed by atoms with Crippen molar-refractivity contribution in [2.24, 2.45) is 0 Å². The summed E-state index contributed by atoms with van der Waals surface area (Å²) in [5.74, 6) is 2.15. The van der Waals surface area contributed by atoms with Crippen molar-refractivity contribution in [2.45, 2.75) is 20.8 Å². The van der Waals surface area contributed by atoms with Crippen LogP contribution < -0.4 is 19.5 Å². The first kappa shape index (κ1) is 23.9. The Labute approximate surface area is 204 Å². The lowest BCUT2D eigenvalue weighted by atomic mass is 9.99. The first-order chi connectivity index (χ1) is 16.9. The predicted octanol–water partition coefficient (Wildman–Crippen LogP) is 6.26. The molecule has 1 amide bonds. The minimum atomic E-state index is -0.270. The summed E-state index contributed by atoms with van der Waals surface area (Å²) in [5, 5.41) is 3.70. The number of aryl methyl sites for hydroxylation is 1. The van der Waals surface area contributed by atoms with E-state index < -0.39 is 0 Å². The number of methoxy groups -OCH3 is 2. The monoisotopic (exact) mass is 472 g/mol. The van der Waals surface area contributed by atoms with Crippen LogP contribution in [0, 0.1) is 6.92 Å². The Morgan fingerprint density at radius 1 is 1.06 bits per heavy atom. The summed E-state index contributed by atoms with van der Waals surface area (Å²) in [6.45, 7) is 6.22. The molecule has 0 spiro atoms. The molecule has 0 aliphatic carbocycles. The molecule has 4 rings (SSSR count). The lowest BCUT2D eigenvalue weighted by molar-refractivity contribution is -0.111. The van der Waals surface area contributed by atoms with Crippen molar-refractivity contribution in [3.8, 4) is 28.4 Å². The molecule has 0 aliphatic heterocycles. The van der Waals surface area contributed by atoms with Gasteiger partial charge in [-0.05, 0) is 61.7 Å². The Balaban J connectivity index is 1.73. The number of carbonyl (C=O) groups is 1. The fraction of sp³-hybridized carbons (Fsp3) is 0.214. The van der Waals surface area contributed by atoms with Crippen LogP contribution in [0.1, 0.15) is 25.0 Å². The van der Waals surface area contributed by atoms with E-state index >= 15 is 0 Å². The van der Waals surface area contributed by atoms with E-state index in [-0.39, 0.29) is 5.91 Å². The number of fused-ring (bicyclic) bond motifs is 1. The maximum atomic E-state index is 12.7. The van der Waals surface area contributed by atoms with Crippen LogP contribution in [-0.2, 0) is 4.79 Å². The van der Waals surface area contributed by atoms with Gasteiger partial charge in [-0.15, -0.1) is 0 Å². The molecule has 1 N–H and O–H groups in total. The van der Waals surface area contributed by atoms with Crippen LogP contribution in [0.2, 0.25) is 0 Å². The fourth-order valence-corrected chi connectivity index (χ4v) is 3.84. The van der Waals surface area contributed by atoms with Crippen LogP contribution in [0.3, 0.4) is 0 Å². The van der Waals surface area contributed by atoms with E-state index in [1.54, 1.807) is 38.8 Å². The summed E-state index contributed by atoms with van der Waals surface area (Å²) >= 11 is 0. The van der Waals surface area contributed by atoms with Crippen molar-refractivity contribution < 1.29 is 23.4 Å². The van der Waals surface area contributed by atoms with Crippen LogP contribution >= 0.6 is 0 Å². The van der Waals surface area contributed by atoms with Crippen LogP contribution in [0.25, 0.3) is 27.7 Å². The smallest absolute Gasteiger partial charge is 0.249 e. The van der Waals surface area contributed by atoms with Crippen molar-refractivity contribution in [1.29, 1.82) is 0 Å². The fourth-order valence-electron chi connectivity index (χ4n) is 3.84. The van der Waals surface area contributed by atoms with E-state index in [4.69, 9.17) is 18.6 Å². The van der Waals surface area contributed by atoms with Gasteiger partial charge in [0.25, 0.3) is 0 Å². The molecule has 0 unspecified atom stereocenters. The maximum Gasteiger partial charge on any atom is 0.249 e. The second kappa shape index (κ2) is 10.3. The number of anilines is 1. The van der Waals surface area contributed by atoms with Crippen molar-refractivity contribution in [3.05, 3.63) is 72.1 Å². The zero-order valence-corrected chi connectivity index (χ0v) is 20.5. The number of pyridine rings is 1. The first-order valence-electron chi connectivity index (χ1n) is 11.3. The van der Waals surface area contributed by atoms with Crippen molar-refractivity contribution >= 4 is 28.3 Å². The molecule has 0 fully saturated rings. The van der Waals surface area contributed by atoms with E-state index in [2.05, 4.69) is 10.3 Å². The highest BCUT2D eigenvalue weighted by molar-refractivity contribution is 6.05. The van der Waals surface area contributed by atoms with E-state index in [9.17, 15) is 4.79 Å². The Kier molecular flexibility index (Phi) is 7.06. The first-order valence-corrected chi connectivity index (χ1v) is 11.3. The number of hydrogen-bond acceptors (Lipinski definition) is 6. The molecule has 0 saturated heterocycles. The number of carbonyl (C=O) groups excluding carboxylic acids is 1. The number of benzene rings is 2. The molecule has 7 heteroatoms. The quantitative estimate of drug-likeness (QED) is 0.305. The van der Waals surface area contributed by atoms with Gasteiger partial charge >= 0.3 is 0 Å². The standard InChI is InChI=1S/C28H28N2O5/c1-6-34-24-14-25-21(22(16-35-25)19-8-9-23(32-4)26(12-19)33-5)13-20(24)18(3)11-28(31)30-27-10-7-17(2)15-29-27/h7-16H,6H2,1-5H3,(H,29,30,31)/b18-11+. The Hall–Kier alpha value is -4.26. The number of allylic oxidation sites excluding steroid dienone is 1. The predicted molar refractivity (Wildman–Crippen MR) is 137 cm³/mol. The summed E-state index contributed by atoms with van der Waals surface area (Å²) in [6, 6.07) is 13.2. The van der Waals surface area contributed by atoms with Crippen LogP contribution in [-0.4, -0.2) is 31.7 Å². The van der Waals surface area contributed by atoms with Gasteiger partial charge in [0.05, 0.1) is 27.1 Å². The molecule has 180 valence electrons. The van der Waals surface area contributed by atoms with Gasteiger partial charge in [-0.2, -0.15) is 0 Å². The van der Waals surface area contributed by atoms with Crippen molar-refractivity contribution in [2.75, 3.05) is 26.1 Å². The average Bonchev–Trinajstić information content (AvgIpc) is 3.27. The number of furan rings is 1. The van der Waals surface area contributed by atoms with Gasteiger partial charge < -0.3 is 23.9 Å². The van der Waals surface area contributed by atoms with Crippen LogP contribution in [0.4, 0.5) is 5.82 Å². The zero-order valence-electron chi connectivity index (χ0n) is 20.5. The summed E-state index contributed by atoms with van der Waals surface area (Å²) in [7, 11) is 3.21. The highest BCUT2D eigenvalue weighted by atomic mass is 16.5. The third-order valence-electron chi connectivity index (χ3n) is 5.61. The second-order valence-electron chi connectivity index (χ2n) is 8.03. The normalized spacial score (nSPS) is 11.4. The molecule has 0 bridgehead atoms. The van der Waals surface area contributed by atoms with E-state index in [0.29, 0.717) is 35.3 Å². The van der Waals surface area contributed by atoms with Crippen LogP contribution in [0.5, 0.6) is 17.2 Å². The molecule has 0 saturated carbocycles. The number of nitrogens with one attached hydrogen (secondary N) is 1. The van der Waals surface area contributed by atoms with Gasteiger partial charge in [-0.25, -0.2) is 4.98 Å². The molecular formula is C28H28N2O5. The van der Waals surface area contributed by atoms with Gasteiger partial charge in [0.15, 0.2) is 11.5 Å². The van der Waals surface area contributed by atoms with E-state index in [1.807, 2.05) is 57.2 Å². The molecule has 0 atom stereocenters. The number of nitrogens with zero attached hydrogens (tertiary/aromatic N) is 1. The summed E-state index contributed by atoms with van der Waals surface area (Å²) < 4.78 is 22.6. The Morgan fingerprint density at radius 2 is 1.86 bits per heavy atom. The SMILES string of the molecule is CCOc1cc2occ(-c3ccc(OC)c(OC)c3)c2cc1/C(C)=C/C(=O)Nc1ccc(C)cn1. The summed E-state index contributed by atoms with van der Waals surface area (Å²) in [6.07, 6.45) is 4.96. The molecule has 4 aromatic rings. The van der Waals surface area contributed by atoms with Gasteiger partial charge in [0.1, 0.15) is 17.2 Å². The highest BCUT2D eigenvalue weighted by Crippen LogP contribution is 2.40. The molecule has 35 heavy (non-hydrogen) atoms. The van der Waals surface area contributed by atoms with Gasteiger partial charge in [-0.1, -0.05) is 12.1 Å². The molecule has 2 heterocycles. The number of aromatic nitrogens is 1. The van der Waals surface area contributed by atoms with E-state index in [1.165, 1.54) is 0 Å². The minimum Gasteiger partial charge on any atom is -0.493 e. The third kappa shape index (κ3) is 5.14. The van der Waals surface area contributed by atoms with Crippen LogP contribution in [0.15, 0.2) is 65.4 Å². The largest absolute Gasteiger partial charge is 0.493 e. The second-order valence-corrected chi connectivity index (χ2v) is 8.03. The van der Waals surface area contributed by atoms with Crippen molar-refractivity contribution in [3.63, 3.8) is 0 Å². The minimum absolute atomic E-state index is 0.270. The topological polar surface area (TPSA) is 82.8 Å². The van der Waals surface area contributed by atoms with E-state index in [0.717, 1.165) is 33.2 Å². The maximum absolute atomic E-state index is 12.7. The molecule has 0 aliphatic rings.